The molecule has 0 bridgehead atoms. The molecule has 1 amide bonds. The molecule has 0 spiro atoms. The predicted octanol–water partition coefficient (Wildman–Crippen LogP) is 1.70. The van der Waals surface area contributed by atoms with Crippen LogP contribution in [0.25, 0.3) is 0 Å². The Balaban J connectivity index is 1.52. The molecule has 1 saturated heterocycles. The highest BCUT2D eigenvalue weighted by Gasteiger charge is 2.22. The molecule has 1 aromatic carbocycles. The number of para-hydroxylation sites is 2. The Labute approximate surface area is 136 Å². The Morgan fingerprint density at radius 2 is 2.04 bits per heavy atom. The van der Waals surface area contributed by atoms with E-state index in [0.717, 1.165) is 43.3 Å². The zero-order chi connectivity index (χ0) is 16.1. The van der Waals surface area contributed by atoms with Crippen LogP contribution in [-0.4, -0.2) is 54.1 Å². The molecule has 1 aliphatic heterocycles. The smallest absolute Gasteiger partial charge is 0.223 e. The van der Waals surface area contributed by atoms with E-state index in [-0.39, 0.29) is 5.91 Å². The first-order valence-corrected chi connectivity index (χ1v) is 7.91. The van der Waals surface area contributed by atoms with Crippen LogP contribution in [0.1, 0.15) is 12.1 Å². The second-order valence-electron chi connectivity index (χ2n) is 5.62. The molecule has 122 valence electrons. The highest BCUT2D eigenvalue weighted by atomic mass is 16.5. The van der Waals surface area contributed by atoms with Crippen LogP contribution < -0.4 is 9.64 Å². The Kier molecular flexibility index (Phi) is 4.80. The third-order valence-electron chi connectivity index (χ3n) is 4.22. The summed E-state index contributed by atoms with van der Waals surface area (Å²) in [6.45, 7) is 3.16. The molecule has 6 nitrogen and oxygen atoms in total. The van der Waals surface area contributed by atoms with Gasteiger partial charge in [0.15, 0.2) is 0 Å². The lowest BCUT2D eigenvalue weighted by atomic mass is 10.2. The molecule has 2 aromatic rings. The van der Waals surface area contributed by atoms with Gasteiger partial charge < -0.3 is 19.5 Å². The van der Waals surface area contributed by atoms with Crippen LogP contribution in [0.4, 0.5) is 5.69 Å². The van der Waals surface area contributed by atoms with Gasteiger partial charge >= 0.3 is 0 Å². The number of aromatic nitrogens is 2. The van der Waals surface area contributed by atoms with Gasteiger partial charge in [0.1, 0.15) is 5.75 Å². The van der Waals surface area contributed by atoms with Gasteiger partial charge in [-0.1, -0.05) is 12.1 Å². The maximum atomic E-state index is 12.3. The summed E-state index contributed by atoms with van der Waals surface area (Å²) in [7, 11) is 1.69. The van der Waals surface area contributed by atoms with Crippen LogP contribution in [0.3, 0.4) is 0 Å². The van der Waals surface area contributed by atoms with E-state index >= 15 is 0 Å². The van der Waals surface area contributed by atoms with Crippen molar-refractivity contribution in [3.05, 3.63) is 42.5 Å². The molecule has 0 aliphatic carbocycles. The van der Waals surface area contributed by atoms with E-state index in [4.69, 9.17) is 4.74 Å². The molecule has 1 fully saturated rings. The summed E-state index contributed by atoms with van der Waals surface area (Å²) in [6.07, 6.45) is 4.65. The SMILES string of the molecule is COc1ccccc1N1CCN(C(=O)CCc2cnc[nH]2)CC1. The number of nitrogens with zero attached hydrogens (tertiary/aromatic N) is 3. The molecule has 2 heterocycles. The van der Waals surface area contributed by atoms with E-state index in [1.165, 1.54) is 0 Å². The number of nitrogens with one attached hydrogen (secondary N) is 1. The van der Waals surface area contributed by atoms with Gasteiger partial charge in [0.2, 0.25) is 5.91 Å². The normalized spacial score (nSPS) is 14.8. The lowest BCUT2D eigenvalue weighted by molar-refractivity contribution is -0.131. The number of rotatable bonds is 5. The quantitative estimate of drug-likeness (QED) is 0.912. The molecule has 23 heavy (non-hydrogen) atoms. The van der Waals surface area contributed by atoms with E-state index in [1.54, 1.807) is 19.6 Å². The number of hydrogen-bond acceptors (Lipinski definition) is 4. The summed E-state index contributed by atoms with van der Waals surface area (Å²) in [6, 6.07) is 8.02. The molecule has 3 rings (SSSR count). The Bertz CT molecular complexity index is 634. The van der Waals surface area contributed by atoms with Crippen molar-refractivity contribution in [1.29, 1.82) is 0 Å². The third kappa shape index (κ3) is 3.64. The number of anilines is 1. The minimum atomic E-state index is 0.208. The number of H-pyrrole nitrogens is 1. The summed E-state index contributed by atoms with van der Waals surface area (Å²) in [5.74, 6) is 1.09. The first kappa shape index (κ1) is 15.4. The minimum absolute atomic E-state index is 0.208. The van der Waals surface area contributed by atoms with Crippen LogP contribution in [0.2, 0.25) is 0 Å². The van der Waals surface area contributed by atoms with Gasteiger partial charge in [-0.15, -0.1) is 0 Å². The second kappa shape index (κ2) is 7.17. The molecule has 1 aliphatic rings. The van der Waals surface area contributed by atoms with Crippen molar-refractivity contribution >= 4 is 11.6 Å². The number of carbonyl (C=O) groups is 1. The molecule has 0 unspecified atom stereocenters. The number of ether oxygens (including phenoxy) is 1. The van der Waals surface area contributed by atoms with Crippen LogP contribution in [-0.2, 0) is 11.2 Å². The topological polar surface area (TPSA) is 61.5 Å². The van der Waals surface area contributed by atoms with Crippen LogP contribution in [0.5, 0.6) is 5.75 Å². The van der Waals surface area contributed by atoms with Gasteiger partial charge in [-0.3, -0.25) is 4.79 Å². The number of imidazole rings is 1. The Morgan fingerprint density at radius 3 is 2.74 bits per heavy atom. The number of hydrogen-bond donors (Lipinski definition) is 1. The van der Waals surface area contributed by atoms with E-state index in [0.29, 0.717) is 12.8 Å². The van der Waals surface area contributed by atoms with Crippen molar-refractivity contribution in [3.63, 3.8) is 0 Å². The van der Waals surface area contributed by atoms with E-state index in [9.17, 15) is 4.79 Å². The lowest BCUT2D eigenvalue weighted by Gasteiger charge is -2.36. The van der Waals surface area contributed by atoms with Crippen molar-refractivity contribution in [2.24, 2.45) is 0 Å². The van der Waals surface area contributed by atoms with Gasteiger partial charge in [-0.05, 0) is 18.6 Å². The summed E-state index contributed by atoms with van der Waals surface area (Å²) >= 11 is 0. The van der Waals surface area contributed by atoms with Crippen molar-refractivity contribution in [2.45, 2.75) is 12.8 Å². The van der Waals surface area contributed by atoms with Gasteiger partial charge in [-0.25, -0.2) is 4.98 Å². The predicted molar refractivity (Wildman–Crippen MR) is 88.7 cm³/mol. The molecular weight excluding hydrogens is 292 g/mol. The Morgan fingerprint density at radius 1 is 1.26 bits per heavy atom. The minimum Gasteiger partial charge on any atom is -0.495 e. The average molecular weight is 314 g/mol. The number of carbonyl (C=O) groups excluding carboxylic acids is 1. The number of aryl methyl sites for hydroxylation is 1. The molecule has 0 radical (unpaired) electrons. The molecular formula is C17H22N4O2. The first-order chi connectivity index (χ1) is 11.3. The molecule has 6 heteroatoms. The van der Waals surface area contributed by atoms with Gasteiger partial charge in [0.25, 0.3) is 0 Å². The number of piperazine rings is 1. The summed E-state index contributed by atoms with van der Waals surface area (Å²) in [5, 5.41) is 0. The zero-order valence-corrected chi connectivity index (χ0v) is 13.4. The maximum Gasteiger partial charge on any atom is 0.223 e. The first-order valence-electron chi connectivity index (χ1n) is 7.91. The van der Waals surface area contributed by atoms with E-state index in [1.807, 2.05) is 23.1 Å². The van der Waals surface area contributed by atoms with Crippen molar-refractivity contribution in [3.8, 4) is 5.75 Å². The van der Waals surface area contributed by atoms with E-state index < -0.39 is 0 Å². The molecule has 0 atom stereocenters. The van der Waals surface area contributed by atoms with E-state index in [2.05, 4.69) is 20.9 Å². The van der Waals surface area contributed by atoms with Crippen LogP contribution >= 0.6 is 0 Å². The number of benzene rings is 1. The lowest BCUT2D eigenvalue weighted by Crippen LogP contribution is -2.48. The van der Waals surface area contributed by atoms with Gasteiger partial charge in [-0.2, -0.15) is 0 Å². The number of amides is 1. The van der Waals surface area contributed by atoms with Gasteiger partial charge in [0.05, 0.1) is 19.1 Å². The second-order valence-corrected chi connectivity index (χ2v) is 5.62. The monoisotopic (exact) mass is 314 g/mol. The van der Waals surface area contributed by atoms with Crippen LogP contribution in [0, 0.1) is 0 Å². The highest BCUT2D eigenvalue weighted by molar-refractivity contribution is 5.76. The van der Waals surface area contributed by atoms with Gasteiger partial charge in [0, 0.05) is 44.5 Å². The van der Waals surface area contributed by atoms with Crippen LogP contribution in [0.15, 0.2) is 36.8 Å². The maximum absolute atomic E-state index is 12.3. The summed E-state index contributed by atoms with van der Waals surface area (Å²) in [4.78, 5) is 23.5. The van der Waals surface area contributed by atoms with Crippen molar-refractivity contribution in [2.75, 3.05) is 38.2 Å². The summed E-state index contributed by atoms with van der Waals surface area (Å²) < 4.78 is 5.42. The summed E-state index contributed by atoms with van der Waals surface area (Å²) in [5.41, 5.74) is 2.10. The number of methoxy groups -OCH3 is 1. The molecule has 0 saturated carbocycles. The zero-order valence-electron chi connectivity index (χ0n) is 13.4. The fourth-order valence-corrected chi connectivity index (χ4v) is 2.91. The fourth-order valence-electron chi connectivity index (χ4n) is 2.91. The third-order valence-corrected chi connectivity index (χ3v) is 4.22. The number of aromatic amines is 1. The fraction of sp³-hybridized carbons (Fsp3) is 0.412. The van der Waals surface area contributed by atoms with Crippen molar-refractivity contribution in [1.82, 2.24) is 14.9 Å². The standard InChI is InChI=1S/C17H22N4O2/c1-23-16-5-3-2-4-15(16)20-8-10-21(11-9-20)17(22)7-6-14-12-18-13-19-14/h2-5,12-13H,6-11H2,1H3,(H,18,19). The Hall–Kier alpha value is -2.50. The molecule has 1 aromatic heterocycles. The molecule has 1 N–H and O–H groups in total. The average Bonchev–Trinajstić information content (AvgIpc) is 3.13. The largest absolute Gasteiger partial charge is 0.495 e. The highest BCUT2D eigenvalue weighted by Crippen LogP contribution is 2.28. The van der Waals surface area contributed by atoms with Crippen molar-refractivity contribution < 1.29 is 9.53 Å².